The van der Waals surface area contributed by atoms with E-state index in [1.54, 1.807) is 0 Å². The van der Waals surface area contributed by atoms with Crippen molar-refractivity contribution in [2.24, 2.45) is 0 Å². The molecule has 0 saturated heterocycles. The molecule has 1 heterocycles. The van der Waals surface area contributed by atoms with E-state index in [1.165, 1.54) is 30.6 Å². The van der Waals surface area contributed by atoms with Crippen LogP contribution in [0.4, 0.5) is 11.5 Å². The molecule has 2 N–H and O–H groups in total. The van der Waals surface area contributed by atoms with Crippen LogP contribution in [0.2, 0.25) is 0 Å². The molecule has 8 heteroatoms. The van der Waals surface area contributed by atoms with Crippen molar-refractivity contribution in [2.75, 3.05) is 5.73 Å². The summed E-state index contributed by atoms with van der Waals surface area (Å²) in [7, 11) is 0. The molecule has 0 atom stereocenters. The van der Waals surface area contributed by atoms with Gasteiger partial charge in [0.15, 0.2) is 11.6 Å². The van der Waals surface area contributed by atoms with Crippen LogP contribution < -0.4 is 10.5 Å². The minimum Gasteiger partial charge on any atom is -0.434 e. The van der Waals surface area contributed by atoms with E-state index in [-0.39, 0.29) is 23.1 Å². The van der Waals surface area contributed by atoms with Crippen LogP contribution in [0, 0.1) is 10.1 Å². The van der Waals surface area contributed by atoms with Gasteiger partial charge in [0, 0.05) is 18.5 Å². The van der Waals surface area contributed by atoms with Crippen molar-refractivity contribution in [2.45, 2.75) is 0 Å². The van der Waals surface area contributed by atoms with Crippen molar-refractivity contribution in [3.63, 3.8) is 0 Å². The van der Waals surface area contributed by atoms with Crippen molar-refractivity contribution in [3.05, 3.63) is 45.2 Å². The maximum absolute atomic E-state index is 10.7. The lowest BCUT2D eigenvalue weighted by molar-refractivity contribution is -0.384. The van der Waals surface area contributed by atoms with Gasteiger partial charge >= 0.3 is 0 Å². The monoisotopic (exact) mass is 310 g/mol. The molecule has 2 rings (SSSR count). The fraction of sp³-hybridized carbons (Fsp3) is 0. The summed E-state index contributed by atoms with van der Waals surface area (Å²) >= 11 is 3.23. The first-order chi connectivity index (χ1) is 8.58. The summed E-state index contributed by atoms with van der Waals surface area (Å²) < 4.78 is 5.93. The van der Waals surface area contributed by atoms with Crippen LogP contribution in [0.25, 0.3) is 0 Å². The molecule has 2 aromatic rings. The third-order valence-corrected chi connectivity index (χ3v) is 2.68. The second kappa shape index (κ2) is 4.96. The molecule has 0 aliphatic carbocycles. The van der Waals surface area contributed by atoms with Crippen LogP contribution in [-0.4, -0.2) is 14.9 Å². The number of aromatic nitrogens is 2. The van der Waals surface area contributed by atoms with Crippen LogP contribution in [0.5, 0.6) is 11.6 Å². The average molecular weight is 311 g/mol. The molecule has 0 unspecified atom stereocenters. The Kier molecular flexibility index (Phi) is 3.38. The lowest BCUT2D eigenvalue weighted by atomic mass is 10.3. The number of halogens is 1. The first-order valence-electron chi connectivity index (χ1n) is 4.76. The Hall–Kier alpha value is -2.22. The van der Waals surface area contributed by atoms with E-state index in [9.17, 15) is 10.1 Å². The van der Waals surface area contributed by atoms with E-state index >= 15 is 0 Å². The van der Waals surface area contributed by atoms with Gasteiger partial charge in [0.2, 0.25) is 0 Å². The second-order valence-electron chi connectivity index (χ2n) is 3.22. The van der Waals surface area contributed by atoms with E-state index < -0.39 is 4.92 Å². The topological polar surface area (TPSA) is 104 Å². The van der Waals surface area contributed by atoms with Crippen molar-refractivity contribution in [1.82, 2.24) is 9.97 Å². The molecule has 0 fully saturated rings. The number of non-ortho nitro benzene ring substituents is 1. The van der Waals surface area contributed by atoms with Gasteiger partial charge < -0.3 is 10.5 Å². The van der Waals surface area contributed by atoms with Crippen molar-refractivity contribution in [3.8, 4) is 11.6 Å². The van der Waals surface area contributed by atoms with Gasteiger partial charge in [-0.25, -0.2) is 9.97 Å². The molecule has 7 nitrogen and oxygen atoms in total. The van der Waals surface area contributed by atoms with Crippen LogP contribution in [0.1, 0.15) is 0 Å². The molecule has 0 aliphatic heterocycles. The molecule has 1 aromatic carbocycles. The van der Waals surface area contributed by atoms with Gasteiger partial charge in [0.25, 0.3) is 11.6 Å². The number of anilines is 1. The van der Waals surface area contributed by atoms with Gasteiger partial charge in [-0.3, -0.25) is 10.1 Å². The smallest absolute Gasteiger partial charge is 0.273 e. The van der Waals surface area contributed by atoms with Crippen LogP contribution in [0.3, 0.4) is 0 Å². The number of nitrogens with zero attached hydrogens (tertiary/aromatic N) is 3. The summed E-state index contributed by atoms with van der Waals surface area (Å²) in [5.74, 6) is 0.450. The maximum atomic E-state index is 10.7. The first kappa shape index (κ1) is 12.2. The molecule has 18 heavy (non-hydrogen) atoms. The highest BCUT2D eigenvalue weighted by Gasteiger charge is 2.13. The summed E-state index contributed by atoms with van der Waals surface area (Å²) in [5, 5.41) is 10.7. The minimum atomic E-state index is -0.515. The number of nitro groups is 1. The Morgan fingerprint density at radius 2 is 2.06 bits per heavy atom. The predicted octanol–water partition coefficient (Wildman–Crippen LogP) is 2.52. The van der Waals surface area contributed by atoms with Gasteiger partial charge in [-0.15, -0.1) is 0 Å². The number of nitrogens with two attached hydrogens (primary N) is 1. The van der Waals surface area contributed by atoms with Crippen molar-refractivity contribution < 1.29 is 9.66 Å². The van der Waals surface area contributed by atoms with Crippen molar-refractivity contribution >= 4 is 27.4 Å². The van der Waals surface area contributed by atoms with Gasteiger partial charge in [-0.1, -0.05) is 0 Å². The highest BCUT2D eigenvalue weighted by atomic mass is 79.9. The molecular formula is C10H7BrN4O3. The molecule has 0 bridgehead atoms. The van der Waals surface area contributed by atoms with Gasteiger partial charge in [-0.05, 0) is 22.0 Å². The molecule has 1 aromatic heterocycles. The lowest BCUT2D eigenvalue weighted by Gasteiger charge is -2.07. The highest BCUT2D eigenvalue weighted by Crippen LogP contribution is 2.33. The Labute approximate surface area is 110 Å². The van der Waals surface area contributed by atoms with E-state index in [1.807, 2.05) is 0 Å². The SMILES string of the molecule is Nc1nccnc1Oc1cc([N+](=O)[O-])ccc1Br. The summed E-state index contributed by atoms with van der Waals surface area (Å²) in [6.45, 7) is 0. The Morgan fingerprint density at radius 1 is 1.33 bits per heavy atom. The molecule has 0 saturated carbocycles. The van der Waals surface area contributed by atoms with Gasteiger partial charge in [0.1, 0.15) is 0 Å². The number of nitro benzene ring substituents is 1. The zero-order valence-electron chi connectivity index (χ0n) is 8.91. The molecule has 0 spiro atoms. The first-order valence-corrected chi connectivity index (χ1v) is 5.55. The maximum Gasteiger partial charge on any atom is 0.273 e. The predicted molar refractivity (Wildman–Crippen MR) is 67.3 cm³/mol. The van der Waals surface area contributed by atoms with E-state index in [0.717, 1.165) is 0 Å². The quantitative estimate of drug-likeness (QED) is 0.690. The summed E-state index contributed by atoms with van der Waals surface area (Å²) in [4.78, 5) is 17.8. The van der Waals surface area contributed by atoms with Gasteiger partial charge in [0.05, 0.1) is 15.5 Å². The van der Waals surface area contributed by atoms with Crippen LogP contribution in [-0.2, 0) is 0 Å². The zero-order chi connectivity index (χ0) is 13.1. The van der Waals surface area contributed by atoms with E-state index in [0.29, 0.717) is 4.47 Å². The number of nitrogen functional groups attached to an aromatic ring is 1. The van der Waals surface area contributed by atoms with Crippen molar-refractivity contribution in [1.29, 1.82) is 0 Å². The third kappa shape index (κ3) is 2.54. The number of hydrogen-bond acceptors (Lipinski definition) is 6. The van der Waals surface area contributed by atoms with Crippen LogP contribution >= 0.6 is 15.9 Å². The summed E-state index contributed by atoms with van der Waals surface area (Å²) in [5.41, 5.74) is 5.48. The second-order valence-corrected chi connectivity index (χ2v) is 4.07. The normalized spacial score (nSPS) is 10.1. The summed E-state index contributed by atoms with van der Waals surface area (Å²) in [6, 6.07) is 4.15. The lowest BCUT2D eigenvalue weighted by Crippen LogP contribution is -1.98. The number of ether oxygens (including phenoxy) is 1. The largest absolute Gasteiger partial charge is 0.434 e. The molecule has 0 radical (unpaired) electrons. The number of rotatable bonds is 3. The van der Waals surface area contributed by atoms with E-state index in [2.05, 4.69) is 25.9 Å². The molecular weight excluding hydrogens is 304 g/mol. The number of hydrogen-bond donors (Lipinski definition) is 1. The fourth-order valence-corrected chi connectivity index (χ4v) is 1.53. The fourth-order valence-electron chi connectivity index (χ4n) is 1.20. The Morgan fingerprint density at radius 3 is 2.72 bits per heavy atom. The minimum absolute atomic E-state index is 0.0874. The molecule has 0 amide bonds. The third-order valence-electron chi connectivity index (χ3n) is 2.02. The summed E-state index contributed by atoms with van der Waals surface area (Å²) in [6.07, 6.45) is 2.83. The van der Waals surface area contributed by atoms with Gasteiger partial charge in [-0.2, -0.15) is 0 Å². The molecule has 0 aliphatic rings. The standard InChI is InChI=1S/C10H7BrN4O3/c11-7-2-1-6(15(16)17)5-8(7)18-10-9(12)13-3-4-14-10/h1-5H,(H2,12,13). The highest BCUT2D eigenvalue weighted by molar-refractivity contribution is 9.10. The Balaban J connectivity index is 2.37. The van der Waals surface area contributed by atoms with Crippen LogP contribution in [0.15, 0.2) is 35.1 Å². The molecule has 92 valence electrons. The zero-order valence-corrected chi connectivity index (χ0v) is 10.5. The van der Waals surface area contributed by atoms with E-state index in [4.69, 9.17) is 10.5 Å². The average Bonchev–Trinajstić information content (AvgIpc) is 2.34. The Bertz CT molecular complexity index is 605. The number of benzene rings is 1.